The lowest BCUT2D eigenvalue weighted by Gasteiger charge is -2.31. The minimum atomic E-state index is 0. The van der Waals surface area contributed by atoms with Gasteiger partial charge < -0.3 is 10.6 Å². The maximum Gasteiger partial charge on any atom is 0.191 e. The molecular formula is C12H24IN3. The predicted molar refractivity (Wildman–Crippen MR) is 79.2 cm³/mol. The van der Waals surface area contributed by atoms with Crippen molar-refractivity contribution in [1.82, 2.24) is 4.90 Å². The van der Waals surface area contributed by atoms with Crippen LogP contribution in [0.25, 0.3) is 0 Å². The number of likely N-dealkylation sites (tertiary alicyclic amines) is 1. The molecule has 1 saturated heterocycles. The molecule has 1 aliphatic heterocycles. The van der Waals surface area contributed by atoms with Crippen LogP contribution in [0.3, 0.4) is 0 Å². The van der Waals surface area contributed by atoms with Crippen LogP contribution in [0.4, 0.5) is 0 Å². The molecule has 1 saturated carbocycles. The lowest BCUT2D eigenvalue weighted by atomic mass is 10.00. The molecule has 16 heavy (non-hydrogen) atoms. The number of halogens is 1. The maximum absolute atomic E-state index is 6.03. The highest BCUT2D eigenvalue weighted by molar-refractivity contribution is 14.0. The molecule has 1 atom stereocenters. The second-order valence-electron chi connectivity index (χ2n) is 5.87. The molecule has 0 aromatic rings. The molecule has 0 aromatic heterocycles. The molecule has 2 N–H and O–H groups in total. The molecule has 1 unspecified atom stereocenters. The van der Waals surface area contributed by atoms with Crippen molar-refractivity contribution >= 4 is 29.9 Å². The van der Waals surface area contributed by atoms with Crippen molar-refractivity contribution in [3.05, 3.63) is 0 Å². The highest BCUT2D eigenvalue weighted by atomic mass is 127. The van der Waals surface area contributed by atoms with E-state index in [2.05, 4.69) is 30.7 Å². The number of guanidine groups is 1. The van der Waals surface area contributed by atoms with E-state index in [0.717, 1.165) is 25.0 Å². The van der Waals surface area contributed by atoms with E-state index in [9.17, 15) is 0 Å². The first-order chi connectivity index (χ1) is 6.99. The van der Waals surface area contributed by atoms with E-state index in [1.54, 1.807) is 0 Å². The largest absolute Gasteiger partial charge is 0.370 e. The summed E-state index contributed by atoms with van der Waals surface area (Å²) in [6, 6.07) is 0.469. The number of nitrogens with zero attached hydrogens (tertiary/aromatic N) is 2. The van der Waals surface area contributed by atoms with E-state index < -0.39 is 0 Å². The van der Waals surface area contributed by atoms with E-state index in [4.69, 9.17) is 5.73 Å². The summed E-state index contributed by atoms with van der Waals surface area (Å²) < 4.78 is 0. The molecule has 4 heteroatoms. The second-order valence-corrected chi connectivity index (χ2v) is 5.87. The fourth-order valence-electron chi connectivity index (χ4n) is 2.14. The molecule has 94 valence electrons. The molecule has 0 bridgehead atoms. The van der Waals surface area contributed by atoms with Crippen molar-refractivity contribution in [3.8, 4) is 0 Å². The zero-order valence-corrected chi connectivity index (χ0v) is 12.9. The first-order valence-corrected chi connectivity index (χ1v) is 6.07. The molecule has 2 aliphatic rings. The number of aliphatic imine (C=N–C) groups is 1. The van der Waals surface area contributed by atoms with Crippen LogP contribution in [0.5, 0.6) is 0 Å². The van der Waals surface area contributed by atoms with Gasteiger partial charge in [-0.15, -0.1) is 24.0 Å². The number of hydrogen-bond donors (Lipinski definition) is 1. The van der Waals surface area contributed by atoms with Gasteiger partial charge in [-0.1, -0.05) is 20.8 Å². The van der Waals surface area contributed by atoms with Crippen LogP contribution in [0.1, 0.15) is 40.0 Å². The average molecular weight is 337 g/mol. The Labute approximate surface area is 116 Å². The summed E-state index contributed by atoms with van der Waals surface area (Å²) in [6.45, 7) is 9.00. The summed E-state index contributed by atoms with van der Waals surface area (Å²) in [5, 5.41) is 0. The fourth-order valence-corrected chi connectivity index (χ4v) is 2.14. The quantitative estimate of drug-likeness (QED) is 0.454. The number of hydrogen-bond acceptors (Lipinski definition) is 1. The molecule has 2 rings (SSSR count). The van der Waals surface area contributed by atoms with Crippen LogP contribution in [-0.4, -0.2) is 30.0 Å². The third-order valence-corrected chi connectivity index (χ3v) is 3.86. The van der Waals surface area contributed by atoms with E-state index in [0.29, 0.717) is 11.5 Å². The minimum absolute atomic E-state index is 0. The van der Waals surface area contributed by atoms with E-state index in [1.807, 2.05) is 0 Å². The number of piperidine rings is 1. The van der Waals surface area contributed by atoms with Crippen molar-refractivity contribution in [3.63, 3.8) is 0 Å². The molecule has 0 spiro atoms. The van der Waals surface area contributed by atoms with Crippen LogP contribution < -0.4 is 5.73 Å². The van der Waals surface area contributed by atoms with Gasteiger partial charge in [-0.2, -0.15) is 0 Å². The smallest absolute Gasteiger partial charge is 0.191 e. The van der Waals surface area contributed by atoms with Gasteiger partial charge in [0.05, 0.1) is 6.04 Å². The van der Waals surface area contributed by atoms with Gasteiger partial charge in [0.2, 0.25) is 0 Å². The standard InChI is InChI=1S/C12H23N3.HI/c1-9-4-6-15(7-5-9)11(13)14-10-8-12(10,2)3;/h9-10H,4-8H2,1-3H3,(H2,13,14);1H. The minimum Gasteiger partial charge on any atom is -0.370 e. The van der Waals surface area contributed by atoms with E-state index >= 15 is 0 Å². The topological polar surface area (TPSA) is 41.6 Å². The lowest BCUT2D eigenvalue weighted by molar-refractivity contribution is 0.277. The van der Waals surface area contributed by atoms with Crippen molar-refractivity contribution < 1.29 is 0 Å². The average Bonchev–Trinajstić information content (AvgIpc) is 2.74. The lowest BCUT2D eigenvalue weighted by Crippen LogP contribution is -2.42. The summed E-state index contributed by atoms with van der Waals surface area (Å²) in [7, 11) is 0. The molecule has 3 nitrogen and oxygen atoms in total. The third-order valence-electron chi connectivity index (χ3n) is 3.86. The first kappa shape index (κ1) is 14.1. The Morgan fingerprint density at radius 2 is 1.81 bits per heavy atom. The summed E-state index contributed by atoms with van der Waals surface area (Å²) >= 11 is 0. The molecule has 2 fully saturated rings. The van der Waals surface area contributed by atoms with Crippen LogP contribution in [0, 0.1) is 11.3 Å². The van der Waals surface area contributed by atoms with Gasteiger partial charge in [-0.3, -0.25) is 0 Å². The molecule has 1 aliphatic carbocycles. The van der Waals surface area contributed by atoms with Crippen LogP contribution >= 0.6 is 24.0 Å². The van der Waals surface area contributed by atoms with Crippen molar-refractivity contribution in [2.45, 2.75) is 46.1 Å². The van der Waals surface area contributed by atoms with Crippen LogP contribution in [0.15, 0.2) is 4.99 Å². The van der Waals surface area contributed by atoms with Gasteiger partial charge in [0.25, 0.3) is 0 Å². The molecule has 0 aromatic carbocycles. The monoisotopic (exact) mass is 337 g/mol. The van der Waals surface area contributed by atoms with Crippen LogP contribution in [-0.2, 0) is 0 Å². The van der Waals surface area contributed by atoms with Crippen molar-refractivity contribution in [2.75, 3.05) is 13.1 Å². The van der Waals surface area contributed by atoms with Gasteiger partial charge in [0.1, 0.15) is 0 Å². The Morgan fingerprint density at radius 3 is 2.25 bits per heavy atom. The predicted octanol–water partition coefficient (Wildman–Crippen LogP) is 2.45. The second kappa shape index (κ2) is 5.10. The maximum atomic E-state index is 6.03. The number of nitrogens with two attached hydrogens (primary N) is 1. The Balaban J connectivity index is 0.00000128. The summed E-state index contributed by atoms with van der Waals surface area (Å²) in [4.78, 5) is 6.85. The van der Waals surface area contributed by atoms with Crippen molar-refractivity contribution in [1.29, 1.82) is 0 Å². The fraction of sp³-hybridized carbons (Fsp3) is 0.917. The highest BCUT2D eigenvalue weighted by Crippen LogP contribution is 2.47. The van der Waals surface area contributed by atoms with Gasteiger partial charge in [-0.25, -0.2) is 4.99 Å². The zero-order chi connectivity index (χ0) is 11.1. The first-order valence-electron chi connectivity index (χ1n) is 6.07. The molecular weight excluding hydrogens is 313 g/mol. The van der Waals surface area contributed by atoms with Gasteiger partial charge in [0, 0.05) is 13.1 Å². The summed E-state index contributed by atoms with van der Waals surface area (Å²) in [6.07, 6.45) is 3.70. The van der Waals surface area contributed by atoms with Gasteiger partial charge >= 0.3 is 0 Å². The van der Waals surface area contributed by atoms with Gasteiger partial charge in [0.15, 0.2) is 5.96 Å². The Kier molecular flexibility index (Phi) is 4.49. The SMILES string of the molecule is CC1CCN(C(N)=NC2CC2(C)C)CC1.I. The van der Waals surface area contributed by atoms with Crippen molar-refractivity contribution in [2.24, 2.45) is 22.1 Å². The molecule has 1 heterocycles. The Hall–Kier alpha value is 0. The van der Waals surface area contributed by atoms with Crippen LogP contribution in [0.2, 0.25) is 0 Å². The van der Waals surface area contributed by atoms with E-state index in [-0.39, 0.29) is 24.0 Å². The molecule has 0 amide bonds. The van der Waals surface area contributed by atoms with E-state index in [1.165, 1.54) is 19.3 Å². The number of rotatable bonds is 1. The summed E-state index contributed by atoms with van der Waals surface area (Å²) in [5.74, 6) is 1.63. The normalized spacial score (nSPS) is 29.8. The highest BCUT2D eigenvalue weighted by Gasteiger charge is 2.46. The Morgan fingerprint density at radius 1 is 1.31 bits per heavy atom. The Bertz CT molecular complexity index is 267. The van der Waals surface area contributed by atoms with Gasteiger partial charge in [-0.05, 0) is 30.6 Å². The zero-order valence-electron chi connectivity index (χ0n) is 10.6. The molecule has 0 radical (unpaired) electrons. The third kappa shape index (κ3) is 3.25. The summed E-state index contributed by atoms with van der Waals surface area (Å²) in [5.41, 5.74) is 6.43.